The fraction of sp³-hybridized carbons (Fsp3) is 0.217. The van der Waals surface area contributed by atoms with E-state index in [-0.39, 0.29) is 18.4 Å². The largest absolute Gasteiger partial charge is 0.376 e. The van der Waals surface area contributed by atoms with Gasteiger partial charge < -0.3 is 16.0 Å². The molecule has 28 heavy (non-hydrogen) atoms. The maximum atomic E-state index is 12.2. The van der Waals surface area contributed by atoms with Crippen molar-refractivity contribution in [2.45, 2.75) is 20.3 Å². The minimum Gasteiger partial charge on any atom is -0.376 e. The summed E-state index contributed by atoms with van der Waals surface area (Å²) in [5.74, 6) is 0.206. The lowest BCUT2D eigenvalue weighted by Crippen LogP contribution is -2.21. The van der Waals surface area contributed by atoms with E-state index in [1.54, 1.807) is 0 Å². The molecule has 0 spiro atoms. The summed E-state index contributed by atoms with van der Waals surface area (Å²) in [4.78, 5) is 24.0. The van der Waals surface area contributed by atoms with E-state index in [4.69, 9.17) is 0 Å². The van der Waals surface area contributed by atoms with Crippen LogP contribution in [0, 0.1) is 5.92 Å². The van der Waals surface area contributed by atoms with Gasteiger partial charge >= 0.3 is 0 Å². The number of carbonyl (C=O) groups is 2. The Balaban J connectivity index is 1.50. The number of rotatable bonds is 7. The minimum atomic E-state index is -0.121. The molecule has 3 rings (SSSR count). The molecule has 0 aliphatic heterocycles. The molecule has 3 aromatic rings. The molecular weight excluding hydrogens is 350 g/mol. The number of anilines is 3. The molecule has 0 aliphatic rings. The van der Waals surface area contributed by atoms with Crippen molar-refractivity contribution in [2.75, 3.05) is 22.5 Å². The number of nitrogens with one attached hydrogen (secondary N) is 3. The van der Waals surface area contributed by atoms with Crippen molar-refractivity contribution in [1.82, 2.24) is 0 Å². The Morgan fingerprint density at radius 2 is 1.36 bits per heavy atom. The van der Waals surface area contributed by atoms with E-state index in [1.165, 1.54) is 0 Å². The highest BCUT2D eigenvalue weighted by Crippen LogP contribution is 2.19. The molecule has 0 heterocycles. The predicted octanol–water partition coefficient (Wildman–Crippen LogP) is 4.88. The van der Waals surface area contributed by atoms with Crippen LogP contribution in [0.2, 0.25) is 0 Å². The Morgan fingerprint density at radius 3 is 2.07 bits per heavy atom. The zero-order chi connectivity index (χ0) is 19.9. The molecule has 3 N–H and O–H groups in total. The normalized spacial score (nSPS) is 10.7. The van der Waals surface area contributed by atoms with Crippen molar-refractivity contribution in [3.05, 3.63) is 66.7 Å². The van der Waals surface area contributed by atoms with Gasteiger partial charge in [-0.25, -0.2) is 0 Å². The number of fused-ring (bicyclic) bond motifs is 1. The number of hydrogen-bond donors (Lipinski definition) is 3. The van der Waals surface area contributed by atoms with E-state index >= 15 is 0 Å². The average molecular weight is 375 g/mol. The summed E-state index contributed by atoms with van der Waals surface area (Å²) in [5, 5.41) is 11.1. The highest BCUT2D eigenvalue weighted by Gasteiger charge is 2.06. The molecule has 144 valence electrons. The maximum absolute atomic E-state index is 12.2. The van der Waals surface area contributed by atoms with Crippen LogP contribution in [0.3, 0.4) is 0 Å². The Labute approximate surface area is 165 Å². The van der Waals surface area contributed by atoms with Crippen LogP contribution in [0.5, 0.6) is 0 Å². The van der Waals surface area contributed by atoms with Crippen molar-refractivity contribution in [3.63, 3.8) is 0 Å². The van der Waals surface area contributed by atoms with Crippen LogP contribution in [0.25, 0.3) is 10.8 Å². The average Bonchev–Trinajstić information content (AvgIpc) is 2.67. The fourth-order valence-corrected chi connectivity index (χ4v) is 2.91. The number of benzene rings is 3. The van der Waals surface area contributed by atoms with Gasteiger partial charge in [0, 0.05) is 23.5 Å². The Hall–Kier alpha value is -3.34. The van der Waals surface area contributed by atoms with E-state index in [1.807, 2.05) is 80.6 Å². The molecule has 2 amide bonds. The van der Waals surface area contributed by atoms with Crippen molar-refractivity contribution >= 4 is 39.6 Å². The summed E-state index contributed by atoms with van der Waals surface area (Å²) in [7, 11) is 0. The smallest absolute Gasteiger partial charge is 0.243 e. The Bertz CT molecular complexity index is 965. The third-order valence-corrected chi connectivity index (χ3v) is 4.25. The third-order valence-electron chi connectivity index (χ3n) is 4.25. The first-order valence-electron chi connectivity index (χ1n) is 9.42. The lowest BCUT2D eigenvalue weighted by atomic mass is 10.1. The summed E-state index contributed by atoms with van der Waals surface area (Å²) in [6, 6.07) is 21.2. The second-order valence-electron chi connectivity index (χ2n) is 7.19. The monoisotopic (exact) mass is 375 g/mol. The second-order valence-corrected chi connectivity index (χ2v) is 7.19. The summed E-state index contributed by atoms with van der Waals surface area (Å²) in [6.07, 6.45) is 0.495. The zero-order valence-electron chi connectivity index (χ0n) is 16.2. The van der Waals surface area contributed by atoms with Gasteiger partial charge in [0.05, 0.1) is 6.54 Å². The third kappa shape index (κ3) is 5.58. The topological polar surface area (TPSA) is 70.2 Å². The SMILES string of the molecule is CC(C)CC(=O)Nc1ccc(NCC(=O)Nc2ccc3ccccc3c2)cc1. The quantitative estimate of drug-likeness (QED) is 0.551. The van der Waals surface area contributed by atoms with E-state index in [9.17, 15) is 9.59 Å². The Morgan fingerprint density at radius 1 is 0.750 bits per heavy atom. The van der Waals surface area contributed by atoms with Gasteiger partial charge in [0.25, 0.3) is 0 Å². The second kappa shape index (κ2) is 9.04. The van der Waals surface area contributed by atoms with Crippen LogP contribution in [-0.2, 0) is 9.59 Å². The molecule has 5 nitrogen and oxygen atoms in total. The van der Waals surface area contributed by atoms with Gasteiger partial charge in [-0.15, -0.1) is 0 Å². The number of hydrogen-bond acceptors (Lipinski definition) is 3. The highest BCUT2D eigenvalue weighted by atomic mass is 16.2. The molecular formula is C23H25N3O2. The lowest BCUT2D eigenvalue weighted by Gasteiger charge is -2.10. The lowest BCUT2D eigenvalue weighted by molar-refractivity contribution is -0.117. The van der Waals surface area contributed by atoms with Crippen LogP contribution in [0.4, 0.5) is 17.1 Å². The zero-order valence-corrected chi connectivity index (χ0v) is 16.2. The van der Waals surface area contributed by atoms with E-state index in [0.717, 1.165) is 27.8 Å². The molecule has 0 bridgehead atoms. The van der Waals surface area contributed by atoms with Gasteiger partial charge in [0.2, 0.25) is 11.8 Å². The molecule has 0 radical (unpaired) electrons. The standard InChI is InChI=1S/C23H25N3O2/c1-16(2)13-22(27)25-20-11-9-19(10-12-20)24-15-23(28)26-21-8-7-17-5-3-4-6-18(17)14-21/h3-12,14,16,24H,13,15H2,1-2H3,(H,25,27)(H,26,28). The van der Waals surface area contributed by atoms with Gasteiger partial charge in [-0.2, -0.15) is 0 Å². The first kappa shape index (κ1) is 19.4. The highest BCUT2D eigenvalue weighted by molar-refractivity contribution is 5.96. The molecule has 3 aromatic carbocycles. The fourth-order valence-electron chi connectivity index (χ4n) is 2.91. The number of carbonyl (C=O) groups excluding carboxylic acids is 2. The number of amides is 2. The minimum absolute atomic E-state index is 0.00507. The van der Waals surface area contributed by atoms with E-state index in [0.29, 0.717) is 12.3 Å². The summed E-state index contributed by atoms with van der Waals surface area (Å²) in [5.41, 5.74) is 2.33. The van der Waals surface area contributed by atoms with Crippen LogP contribution in [0.1, 0.15) is 20.3 Å². The van der Waals surface area contributed by atoms with Crippen LogP contribution < -0.4 is 16.0 Å². The summed E-state index contributed by atoms with van der Waals surface area (Å²) in [6.45, 7) is 4.18. The van der Waals surface area contributed by atoms with Gasteiger partial charge in [0.15, 0.2) is 0 Å². The molecule has 0 atom stereocenters. The Kier molecular flexibility index (Phi) is 6.27. The van der Waals surface area contributed by atoms with Crippen molar-refractivity contribution in [1.29, 1.82) is 0 Å². The van der Waals surface area contributed by atoms with Gasteiger partial charge in [-0.05, 0) is 53.1 Å². The molecule has 0 saturated carbocycles. The van der Waals surface area contributed by atoms with Gasteiger partial charge in [-0.3, -0.25) is 9.59 Å². The first-order valence-corrected chi connectivity index (χ1v) is 9.42. The summed E-state index contributed by atoms with van der Waals surface area (Å²) >= 11 is 0. The van der Waals surface area contributed by atoms with E-state index < -0.39 is 0 Å². The molecule has 0 aromatic heterocycles. The molecule has 5 heteroatoms. The van der Waals surface area contributed by atoms with Crippen molar-refractivity contribution in [2.24, 2.45) is 5.92 Å². The molecule has 0 saturated heterocycles. The van der Waals surface area contributed by atoms with Crippen LogP contribution in [-0.4, -0.2) is 18.4 Å². The maximum Gasteiger partial charge on any atom is 0.243 e. The van der Waals surface area contributed by atoms with E-state index in [2.05, 4.69) is 16.0 Å². The van der Waals surface area contributed by atoms with Crippen LogP contribution in [0.15, 0.2) is 66.7 Å². The molecule has 0 aliphatic carbocycles. The molecule has 0 fully saturated rings. The summed E-state index contributed by atoms with van der Waals surface area (Å²) < 4.78 is 0. The van der Waals surface area contributed by atoms with Gasteiger partial charge in [0.1, 0.15) is 0 Å². The van der Waals surface area contributed by atoms with Crippen molar-refractivity contribution < 1.29 is 9.59 Å². The predicted molar refractivity (Wildman–Crippen MR) is 116 cm³/mol. The first-order chi connectivity index (χ1) is 13.5. The van der Waals surface area contributed by atoms with Crippen molar-refractivity contribution in [3.8, 4) is 0 Å². The van der Waals surface area contributed by atoms with Gasteiger partial charge in [-0.1, -0.05) is 44.2 Å². The molecule has 0 unspecified atom stereocenters. The van der Waals surface area contributed by atoms with Crippen LogP contribution >= 0.6 is 0 Å².